The van der Waals surface area contributed by atoms with E-state index >= 15 is 0 Å². The van der Waals surface area contributed by atoms with Crippen LogP contribution in [0.3, 0.4) is 0 Å². The highest BCUT2D eigenvalue weighted by Crippen LogP contribution is 2.29. The van der Waals surface area contributed by atoms with Gasteiger partial charge in [0.1, 0.15) is 12.7 Å². The van der Waals surface area contributed by atoms with Gasteiger partial charge < -0.3 is 29.2 Å². The van der Waals surface area contributed by atoms with E-state index in [2.05, 4.69) is 4.74 Å². The highest BCUT2D eigenvalue weighted by molar-refractivity contribution is 5.68. The number of carbonyl (C=O) groups excluding carboxylic acids is 3. The summed E-state index contributed by atoms with van der Waals surface area (Å²) in [5.74, 6) is -4.45. The van der Waals surface area contributed by atoms with Crippen molar-refractivity contribution in [2.45, 2.75) is 44.9 Å². The molecule has 0 unspecified atom stereocenters. The zero-order valence-electron chi connectivity index (χ0n) is 11.9. The smallest absolute Gasteiger partial charge is 0.303 e. The summed E-state index contributed by atoms with van der Waals surface area (Å²) in [4.78, 5) is 33.1. The van der Waals surface area contributed by atoms with Crippen LogP contribution in [0.5, 0.6) is 0 Å². The first-order chi connectivity index (χ1) is 9.65. The second kappa shape index (κ2) is 6.83. The first-order valence-electron chi connectivity index (χ1n) is 6.18. The van der Waals surface area contributed by atoms with Crippen LogP contribution in [0.15, 0.2) is 0 Å². The van der Waals surface area contributed by atoms with Gasteiger partial charge in [0.25, 0.3) is 0 Å². The van der Waals surface area contributed by atoms with Crippen molar-refractivity contribution in [1.82, 2.24) is 0 Å². The minimum absolute atomic E-state index is 0.395. The van der Waals surface area contributed by atoms with Gasteiger partial charge in [0, 0.05) is 20.8 Å². The molecule has 2 N–H and O–H groups in total. The van der Waals surface area contributed by atoms with Crippen LogP contribution in [0, 0.1) is 0 Å². The average Bonchev–Trinajstić information content (AvgIpc) is 2.35. The molecule has 0 aromatic heterocycles. The fraction of sp³-hybridized carbons (Fsp3) is 0.750. The Kier molecular flexibility index (Phi) is 5.64. The molecule has 1 heterocycles. The normalized spacial score (nSPS) is 32.1. The van der Waals surface area contributed by atoms with E-state index in [0.717, 1.165) is 20.8 Å². The Bertz CT molecular complexity index is 421. The van der Waals surface area contributed by atoms with Crippen LogP contribution in [-0.2, 0) is 33.3 Å². The molecule has 9 heteroatoms. The minimum Gasteiger partial charge on any atom is -0.460 e. The Morgan fingerprint density at radius 1 is 1.14 bits per heavy atom. The van der Waals surface area contributed by atoms with Crippen LogP contribution in [0.2, 0.25) is 0 Å². The molecule has 1 saturated heterocycles. The summed E-state index contributed by atoms with van der Waals surface area (Å²) < 4.78 is 19.4. The highest BCUT2D eigenvalue weighted by atomic mass is 16.7. The van der Waals surface area contributed by atoms with E-state index in [0.29, 0.717) is 0 Å². The molecule has 0 aliphatic carbocycles. The summed E-state index contributed by atoms with van der Waals surface area (Å²) >= 11 is 0. The van der Waals surface area contributed by atoms with Crippen LogP contribution >= 0.6 is 0 Å². The van der Waals surface area contributed by atoms with Gasteiger partial charge in [-0.3, -0.25) is 14.4 Å². The highest BCUT2D eigenvalue weighted by Gasteiger charge is 2.54. The van der Waals surface area contributed by atoms with Gasteiger partial charge in [-0.1, -0.05) is 0 Å². The molecule has 1 aliphatic heterocycles. The molecule has 1 fully saturated rings. The average molecular weight is 306 g/mol. The lowest BCUT2D eigenvalue weighted by Crippen LogP contribution is -2.65. The van der Waals surface area contributed by atoms with E-state index in [9.17, 15) is 24.6 Å². The van der Waals surface area contributed by atoms with Crippen molar-refractivity contribution in [2.75, 3.05) is 13.2 Å². The summed E-state index contributed by atoms with van der Waals surface area (Å²) in [5, 5.41) is 20.1. The van der Waals surface area contributed by atoms with Gasteiger partial charge in [0.15, 0.2) is 12.2 Å². The third-order valence-corrected chi connectivity index (χ3v) is 2.70. The van der Waals surface area contributed by atoms with Gasteiger partial charge in [0.2, 0.25) is 5.79 Å². The fourth-order valence-electron chi connectivity index (χ4n) is 1.86. The Labute approximate surface area is 120 Å². The third-order valence-electron chi connectivity index (χ3n) is 2.70. The molecule has 0 bridgehead atoms. The molecule has 4 atom stereocenters. The van der Waals surface area contributed by atoms with Crippen molar-refractivity contribution in [3.63, 3.8) is 0 Å². The number of carbonyl (C=O) groups is 3. The number of hydrogen-bond acceptors (Lipinski definition) is 9. The molecule has 0 radical (unpaired) electrons. The first-order valence-corrected chi connectivity index (χ1v) is 6.18. The van der Waals surface area contributed by atoms with Crippen molar-refractivity contribution >= 4 is 17.9 Å². The van der Waals surface area contributed by atoms with Crippen molar-refractivity contribution in [3.05, 3.63) is 0 Å². The van der Waals surface area contributed by atoms with E-state index in [-0.39, 0.29) is 0 Å². The molecule has 0 spiro atoms. The second-order valence-electron chi connectivity index (χ2n) is 4.61. The summed E-state index contributed by atoms with van der Waals surface area (Å²) in [6.07, 6.45) is -4.20. The largest absolute Gasteiger partial charge is 0.460 e. The summed E-state index contributed by atoms with van der Waals surface area (Å²) in [7, 11) is 0. The molecule has 1 rings (SSSR count). The van der Waals surface area contributed by atoms with Crippen molar-refractivity contribution in [2.24, 2.45) is 0 Å². The zero-order chi connectivity index (χ0) is 16.2. The molecule has 0 aromatic carbocycles. The Morgan fingerprint density at radius 3 is 2.19 bits per heavy atom. The van der Waals surface area contributed by atoms with E-state index in [1.807, 2.05) is 0 Å². The standard InChI is InChI=1S/C12H18O9/c1-6(13)18-5-12(17)11(21-8(3)15)10(20-7(2)14)9(16)4-19-12/h9-11,16-17H,4-5H2,1-3H3/t9-,10+,11-,12+/m0/s1. The van der Waals surface area contributed by atoms with Gasteiger partial charge in [-0.05, 0) is 0 Å². The van der Waals surface area contributed by atoms with E-state index in [4.69, 9.17) is 14.2 Å². The maximum absolute atomic E-state index is 11.2. The van der Waals surface area contributed by atoms with Crippen LogP contribution in [-0.4, -0.2) is 65.4 Å². The Hall–Kier alpha value is -1.71. The number of esters is 3. The number of ether oxygens (including phenoxy) is 4. The molecule has 120 valence electrons. The fourth-order valence-corrected chi connectivity index (χ4v) is 1.86. The molecular formula is C12H18O9. The lowest BCUT2D eigenvalue weighted by atomic mass is 9.96. The SMILES string of the molecule is CC(=O)OC[C@@]1(O)OC[C@H](O)[C@@H](OC(C)=O)[C@@H]1OC(C)=O. The summed E-state index contributed by atoms with van der Waals surface area (Å²) in [5.41, 5.74) is 0. The molecule has 0 aromatic rings. The van der Waals surface area contributed by atoms with E-state index < -0.39 is 55.2 Å². The molecule has 1 aliphatic rings. The summed E-state index contributed by atoms with van der Waals surface area (Å²) in [6.45, 7) is 2.24. The second-order valence-corrected chi connectivity index (χ2v) is 4.61. The molecule has 9 nitrogen and oxygen atoms in total. The topological polar surface area (TPSA) is 129 Å². The van der Waals surface area contributed by atoms with Crippen molar-refractivity contribution < 1.29 is 43.5 Å². The number of aliphatic hydroxyl groups is 2. The van der Waals surface area contributed by atoms with E-state index in [1.54, 1.807) is 0 Å². The lowest BCUT2D eigenvalue weighted by molar-refractivity contribution is -0.334. The van der Waals surface area contributed by atoms with Gasteiger partial charge in [-0.15, -0.1) is 0 Å². The first kappa shape index (κ1) is 17.3. The van der Waals surface area contributed by atoms with Gasteiger partial charge >= 0.3 is 17.9 Å². The lowest BCUT2D eigenvalue weighted by Gasteiger charge is -2.43. The number of aliphatic hydroxyl groups excluding tert-OH is 1. The maximum atomic E-state index is 11.2. The maximum Gasteiger partial charge on any atom is 0.303 e. The predicted molar refractivity (Wildman–Crippen MR) is 64.6 cm³/mol. The Balaban J connectivity index is 3.00. The summed E-state index contributed by atoms with van der Waals surface area (Å²) in [6, 6.07) is 0. The molecule has 0 saturated carbocycles. The Morgan fingerprint density at radius 2 is 1.71 bits per heavy atom. The zero-order valence-corrected chi connectivity index (χ0v) is 11.9. The van der Waals surface area contributed by atoms with Gasteiger partial charge in [-0.2, -0.15) is 0 Å². The van der Waals surface area contributed by atoms with Crippen LogP contribution in [0.4, 0.5) is 0 Å². The molecule has 21 heavy (non-hydrogen) atoms. The van der Waals surface area contributed by atoms with E-state index in [1.165, 1.54) is 0 Å². The minimum atomic E-state index is -2.23. The number of hydrogen-bond donors (Lipinski definition) is 2. The van der Waals surface area contributed by atoms with Crippen molar-refractivity contribution in [1.29, 1.82) is 0 Å². The van der Waals surface area contributed by atoms with Gasteiger partial charge in [-0.25, -0.2) is 0 Å². The monoisotopic (exact) mass is 306 g/mol. The quantitative estimate of drug-likeness (QED) is 0.470. The van der Waals surface area contributed by atoms with Crippen LogP contribution in [0.25, 0.3) is 0 Å². The molecular weight excluding hydrogens is 288 g/mol. The number of rotatable bonds is 4. The van der Waals surface area contributed by atoms with Gasteiger partial charge in [0.05, 0.1) is 6.61 Å². The third kappa shape index (κ3) is 4.66. The van der Waals surface area contributed by atoms with Crippen LogP contribution in [0.1, 0.15) is 20.8 Å². The van der Waals surface area contributed by atoms with Crippen LogP contribution < -0.4 is 0 Å². The predicted octanol–water partition coefficient (Wildman–Crippen LogP) is -1.51. The van der Waals surface area contributed by atoms with Crippen molar-refractivity contribution in [3.8, 4) is 0 Å². The molecule has 0 amide bonds.